The minimum absolute atomic E-state index is 0.0163. The van der Waals surface area contributed by atoms with E-state index in [0.717, 1.165) is 0 Å². The van der Waals surface area contributed by atoms with E-state index in [-0.39, 0.29) is 18.3 Å². The minimum Gasteiger partial charge on any atom is -0.387 e. The van der Waals surface area contributed by atoms with Crippen molar-refractivity contribution in [3.05, 3.63) is 0 Å². The SMILES string of the molecule is CCN(CC(C)C(=N)N)S(=O)(=O)C(C)(C)C. The summed E-state index contributed by atoms with van der Waals surface area (Å²) in [6.45, 7) is 9.22. The summed E-state index contributed by atoms with van der Waals surface area (Å²) >= 11 is 0. The Bertz CT molecular complexity index is 344. The van der Waals surface area contributed by atoms with Crippen LogP contribution in [0.3, 0.4) is 0 Å². The highest BCUT2D eigenvalue weighted by atomic mass is 32.2. The Morgan fingerprint density at radius 1 is 1.44 bits per heavy atom. The highest BCUT2D eigenvalue weighted by Gasteiger charge is 2.35. The van der Waals surface area contributed by atoms with E-state index in [1.807, 2.05) is 0 Å². The molecule has 0 rings (SSSR count). The van der Waals surface area contributed by atoms with Gasteiger partial charge >= 0.3 is 0 Å². The average Bonchev–Trinajstić information content (AvgIpc) is 2.11. The maximum Gasteiger partial charge on any atom is 0.219 e. The average molecular weight is 249 g/mol. The van der Waals surface area contributed by atoms with Gasteiger partial charge in [0.05, 0.1) is 10.6 Å². The fourth-order valence-electron chi connectivity index (χ4n) is 1.19. The zero-order valence-corrected chi connectivity index (χ0v) is 11.6. The maximum atomic E-state index is 12.2. The summed E-state index contributed by atoms with van der Waals surface area (Å²) in [7, 11) is -3.34. The molecule has 0 aromatic rings. The molecule has 0 aromatic carbocycles. The van der Waals surface area contributed by atoms with Gasteiger partial charge < -0.3 is 5.73 Å². The van der Waals surface area contributed by atoms with Crippen LogP contribution in [-0.2, 0) is 10.0 Å². The van der Waals surface area contributed by atoms with E-state index in [0.29, 0.717) is 6.54 Å². The van der Waals surface area contributed by atoms with E-state index < -0.39 is 14.8 Å². The Morgan fingerprint density at radius 2 is 1.88 bits per heavy atom. The van der Waals surface area contributed by atoms with Crippen LogP contribution in [0.1, 0.15) is 34.6 Å². The van der Waals surface area contributed by atoms with Gasteiger partial charge in [0.1, 0.15) is 0 Å². The molecule has 0 saturated heterocycles. The van der Waals surface area contributed by atoms with Crippen molar-refractivity contribution in [3.63, 3.8) is 0 Å². The third-order valence-electron chi connectivity index (χ3n) is 2.47. The van der Waals surface area contributed by atoms with Crippen molar-refractivity contribution < 1.29 is 8.42 Å². The summed E-state index contributed by atoms with van der Waals surface area (Å²) < 4.78 is 24.9. The Hall–Kier alpha value is -0.620. The molecule has 0 fully saturated rings. The molecule has 0 aliphatic rings. The zero-order valence-electron chi connectivity index (χ0n) is 10.7. The third-order valence-corrected chi connectivity index (χ3v) is 5.11. The number of amidine groups is 1. The second kappa shape index (κ2) is 5.14. The molecule has 3 N–H and O–H groups in total. The summed E-state index contributed by atoms with van der Waals surface area (Å²) in [5, 5.41) is 7.29. The molecule has 5 nitrogen and oxygen atoms in total. The summed E-state index contributed by atoms with van der Waals surface area (Å²) in [6, 6.07) is 0. The smallest absolute Gasteiger partial charge is 0.219 e. The van der Waals surface area contributed by atoms with Crippen LogP contribution in [0.25, 0.3) is 0 Å². The van der Waals surface area contributed by atoms with Gasteiger partial charge in [-0.1, -0.05) is 13.8 Å². The van der Waals surface area contributed by atoms with Gasteiger partial charge in [0.15, 0.2) is 0 Å². The molecule has 1 unspecified atom stereocenters. The van der Waals surface area contributed by atoms with E-state index in [1.165, 1.54) is 4.31 Å². The van der Waals surface area contributed by atoms with Crippen LogP contribution in [0.2, 0.25) is 0 Å². The van der Waals surface area contributed by atoms with Crippen LogP contribution in [-0.4, -0.2) is 36.4 Å². The van der Waals surface area contributed by atoms with E-state index in [2.05, 4.69) is 0 Å². The summed E-state index contributed by atoms with van der Waals surface area (Å²) in [5.41, 5.74) is 5.35. The fourth-order valence-corrected chi connectivity index (χ4v) is 2.72. The molecule has 0 aromatic heterocycles. The molecular weight excluding hydrogens is 226 g/mol. The summed E-state index contributed by atoms with van der Waals surface area (Å²) in [6.07, 6.45) is 0. The normalized spacial score (nSPS) is 15.1. The van der Waals surface area contributed by atoms with Gasteiger partial charge in [0.2, 0.25) is 10.0 Å². The van der Waals surface area contributed by atoms with Crippen molar-refractivity contribution in [1.29, 1.82) is 5.41 Å². The zero-order chi connectivity index (χ0) is 13.1. The number of nitrogens with two attached hydrogens (primary N) is 1. The molecule has 0 spiro atoms. The Balaban J connectivity index is 4.96. The first-order valence-electron chi connectivity index (χ1n) is 5.37. The molecule has 0 radical (unpaired) electrons. The lowest BCUT2D eigenvalue weighted by Crippen LogP contribution is -2.46. The first-order valence-corrected chi connectivity index (χ1v) is 6.81. The van der Waals surface area contributed by atoms with Gasteiger partial charge in [-0.3, -0.25) is 5.41 Å². The Labute approximate surface area is 98.6 Å². The van der Waals surface area contributed by atoms with Gasteiger partial charge in [-0.15, -0.1) is 0 Å². The molecule has 0 bridgehead atoms. The van der Waals surface area contributed by atoms with Gasteiger partial charge in [0.25, 0.3) is 0 Å². The molecule has 0 heterocycles. The highest BCUT2D eigenvalue weighted by Crippen LogP contribution is 2.20. The second-order valence-corrected chi connectivity index (χ2v) is 7.62. The number of hydrogen-bond acceptors (Lipinski definition) is 3. The van der Waals surface area contributed by atoms with Crippen molar-refractivity contribution in [2.75, 3.05) is 13.1 Å². The van der Waals surface area contributed by atoms with Crippen molar-refractivity contribution >= 4 is 15.9 Å². The monoisotopic (exact) mass is 249 g/mol. The van der Waals surface area contributed by atoms with Crippen LogP contribution in [0.15, 0.2) is 0 Å². The lowest BCUT2D eigenvalue weighted by molar-refractivity contribution is 0.388. The maximum absolute atomic E-state index is 12.2. The molecule has 0 saturated carbocycles. The van der Waals surface area contributed by atoms with Crippen molar-refractivity contribution in [2.24, 2.45) is 11.7 Å². The van der Waals surface area contributed by atoms with Crippen LogP contribution in [0.4, 0.5) is 0 Å². The Kier molecular flexibility index (Phi) is 4.94. The van der Waals surface area contributed by atoms with Crippen LogP contribution in [0.5, 0.6) is 0 Å². The Morgan fingerprint density at radius 3 is 2.12 bits per heavy atom. The van der Waals surface area contributed by atoms with Crippen LogP contribution >= 0.6 is 0 Å². The number of nitrogens with one attached hydrogen (secondary N) is 1. The molecule has 0 amide bonds. The molecule has 0 aliphatic carbocycles. The molecule has 16 heavy (non-hydrogen) atoms. The van der Waals surface area contributed by atoms with Gasteiger partial charge in [0, 0.05) is 19.0 Å². The van der Waals surface area contributed by atoms with E-state index in [9.17, 15) is 8.42 Å². The summed E-state index contributed by atoms with van der Waals surface area (Å²) in [5.74, 6) is -0.236. The van der Waals surface area contributed by atoms with Gasteiger partial charge in [-0.2, -0.15) is 0 Å². The number of hydrogen-bond donors (Lipinski definition) is 2. The number of nitrogens with zero attached hydrogens (tertiary/aromatic N) is 1. The van der Waals surface area contributed by atoms with E-state index >= 15 is 0 Å². The van der Waals surface area contributed by atoms with E-state index in [4.69, 9.17) is 11.1 Å². The first kappa shape index (κ1) is 15.4. The van der Waals surface area contributed by atoms with Crippen LogP contribution in [0, 0.1) is 11.3 Å². The number of sulfonamides is 1. The van der Waals surface area contributed by atoms with Crippen molar-refractivity contribution in [2.45, 2.75) is 39.4 Å². The quantitative estimate of drug-likeness (QED) is 0.563. The molecule has 1 atom stereocenters. The minimum atomic E-state index is -3.34. The van der Waals surface area contributed by atoms with Gasteiger partial charge in [-0.25, -0.2) is 12.7 Å². The lowest BCUT2D eigenvalue weighted by Gasteiger charge is -2.30. The second-order valence-electron chi connectivity index (χ2n) is 4.92. The predicted octanol–water partition coefficient (Wildman–Crippen LogP) is 1.01. The number of rotatable bonds is 5. The third kappa shape index (κ3) is 3.45. The predicted molar refractivity (Wildman–Crippen MR) is 67.0 cm³/mol. The topological polar surface area (TPSA) is 87.2 Å². The van der Waals surface area contributed by atoms with Crippen molar-refractivity contribution in [3.8, 4) is 0 Å². The fraction of sp³-hybridized carbons (Fsp3) is 0.900. The molecule has 6 heteroatoms. The lowest BCUT2D eigenvalue weighted by atomic mass is 10.1. The highest BCUT2D eigenvalue weighted by molar-refractivity contribution is 7.90. The largest absolute Gasteiger partial charge is 0.387 e. The van der Waals surface area contributed by atoms with Crippen molar-refractivity contribution in [1.82, 2.24) is 4.31 Å². The standard InChI is InChI=1S/C10H23N3O2S/c1-6-13(7-8(2)9(11)12)16(14,15)10(3,4)5/h8H,6-7H2,1-5H3,(H3,11,12). The van der Waals surface area contributed by atoms with Crippen LogP contribution < -0.4 is 5.73 Å². The van der Waals surface area contributed by atoms with E-state index in [1.54, 1.807) is 34.6 Å². The summed E-state index contributed by atoms with van der Waals surface area (Å²) in [4.78, 5) is 0. The van der Waals surface area contributed by atoms with Gasteiger partial charge in [-0.05, 0) is 20.8 Å². The molecule has 96 valence electrons. The first-order chi connectivity index (χ1) is 7.04. The molecular formula is C10H23N3O2S. The molecule has 0 aliphatic heterocycles.